The number of aromatic nitrogens is 2. The van der Waals surface area contributed by atoms with Crippen LogP contribution in [0.4, 0.5) is 20.3 Å². The van der Waals surface area contributed by atoms with Gasteiger partial charge in [-0.15, -0.1) is 0 Å². The van der Waals surface area contributed by atoms with E-state index in [1.54, 1.807) is 11.9 Å². The van der Waals surface area contributed by atoms with E-state index in [0.29, 0.717) is 18.9 Å². The molecule has 0 saturated carbocycles. The summed E-state index contributed by atoms with van der Waals surface area (Å²) >= 11 is 0. The fraction of sp³-hybridized carbons (Fsp3) is 0.500. The Balaban J connectivity index is 1.31. The normalized spacial score (nSPS) is 23.0. The van der Waals surface area contributed by atoms with Gasteiger partial charge in [0.2, 0.25) is 0 Å². The van der Waals surface area contributed by atoms with Gasteiger partial charge in [0, 0.05) is 55.2 Å². The van der Waals surface area contributed by atoms with E-state index < -0.39 is 5.92 Å². The van der Waals surface area contributed by atoms with Crippen molar-refractivity contribution in [3.05, 3.63) is 53.7 Å². The van der Waals surface area contributed by atoms with Gasteiger partial charge >= 0.3 is 6.01 Å². The summed E-state index contributed by atoms with van der Waals surface area (Å²) < 4.78 is 33.9. The Labute approximate surface area is 228 Å². The molecule has 2 aromatic carbocycles. The van der Waals surface area contributed by atoms with Gasteiger partial charge in [-0.2, -0.15) is 15.2 Å². The average Bonchev–Trinajstić information content (AvgIpc) is 3.21. The van der Waals surface area contributed by atoms with Crippen LogP contribution in [0.3, 0.4) is 0 Å². The van der Waals surface area contributed by atoms with Crippen LogP contribution in [0, 0.1) is 17.2 Å². The largest absolute Gasteiger partial charge is 0.462 e. The number of benzene rings is 2. The minimum atomic E-state index is -2.70. The van der Waals surface area contributed by atoms with Gasteiger partial charge in [-0.25, -0.2) is 8.78 Å². The van der Waals surface area contributed by atoms with E-state index in [-0.39, 0.29) is 31.6 Å². The predicted octanol–water partition coefficient (Wildman–Crippen LogP) is 5.04. The quantitative estimate of drug-likeness (QED) is 0.441. The van der Waals surface area contributed by atoms with Crippen LogP contribution in [-0.2, 0) is 13.0 Å². The molecular weight excluding hydrogens is 498 g/mol. The molecule has 2 saturated heterocycles. The van der Waals surface area contributed by atoms with Crippen LogP contribution in [0.5, 0.6) is 6.01 Å². The Morgan fingerprint density at radius 3 is 2.77 bits per heavy atom. The lowest BCUT2D eigenvalue weighted by Gasteiger charge is -2.37. The summed E-state index contributed by atoms with van der Waals surface area (Å²) in [5.41, 5.74) is 3.21. The number of hydrogen-bond donors (Lipinski definition) is 0. The van der Waals surface area contributed by atoms with Crippen molar-refractivity contribution >= 4 is 22.3 Å². The molecule has 2 atom stereocenters. The van der Waals surface area contributed by atoms with Crippen LogP contribution < -0.4 is 14.5 Å². The third kappa shape index (κ3) is 5.35. The number of anilines is 2. The van der Waals surface area contributed by atoms with Crippen molar-refractivity contribution in [3.8, 4) is 12.1 Å². The highest BCUT2D eigenvalue weighted by atomic mass is 19.3. The Hall–Kier alpha value is -3.51. The summed E-state index contributed by atoms with van der Waals surface area (Å²) in [5, 5.41) is 11.7. The maximum atomic E-state index is 14.0. The zero-order valence-corrected chi connectivity index (χ0v) is 22.3. The van der Waals surface area contributed by atoms with Gasteiger partial charge in [0.1, 0.15) is 12.4 Å². The van der Waals surface area contributed by atoms with E-state index >= 15 is 0 Å². The molecule has 0 spiro atoms. The molecule has 3 aromatic rings. The minimum absolute atomic E-state index is 0.119. The first kappa shape index (κ1) is 25.8. The van der Waals surface area contributed by atoms with Crippen molar-refractivity contribution in [2.75, 3.05) is 49.6 Å². The molecule has 3 aliphatic rings. The molecule has 0 aliphatic carbocycles. The molecule has 0 bridgehead atoms. The molecule has 3 aliphatic heterocycles. The van der Waals surface area contributed by atoms with Crippen LogP contribution in [0.15, 0.2) is 42.5 Å². The number of fused-ring (bicyclic) bond motifs is 2. The van der Waals surface area contributed by atoms with Gasteiger partial charge in [0.25, 0.3) is 5.92 Å². The van der Waals surface area contributed by atoms with Crippen molar-refractivity contribution < 1.29 is 13.5 Å². The van der Waals surface area contributed by atoms with Gasteiger partial charge in [-0.05, 0) is 43.7 Å². The first-order chi connectivity index (χ1) is 18.9. The molecule has 2 fully saturated rings. The molecule has 204 valence electrons. The lowest BCUT2D eigenvalue weighted by atomic mass is 9.94. The highest BCUT2D eigenvalue weighted by Crippen LogP contribution is 2.36. The fourth-order valence-electron chi connectivity index (χ4n) is 6.37. The van der Waals surface area contributed by atoms with E-state index in [1.807, 2.05) is 0 Å². The molecule has 4 heterocycles. The lowest BCUT2D eigenvalue weighted by molar-refractivity contribution is 0.0136. The molecule has 0 N–H and O–H groups in total. The lowest BCUT2D eigenvalue weighted by Crippen LogP contribution is -2.39. The maximum Gasteiger partial charge on any atom is 0.318 e. The van der Waals surface area contributed by atoms with E-state index in [2.05, 4.69) is 58.3 Å². The smallest absolute Gasteiger partial charge is 0.318 e. The summed E-state index contributed by atoms with van der Waals surface area (Å²) in [6.07, 6.45) is 3.15. The number of hydrogen-bond acceptors (Lipinski definition) is 7. The molecule has 1 aromatic heterocycles. The van der Waals surface area contributed by atoms with Gasteiger partial charge < -0.3 is 14.5 Å². The first-order valence-corrected chi connectivity index (χ1v) is 13.9. The molecule has 39 heavy (non-hydrogen) atoms. The van der Waals surface area contributed by atoms with Gasteiger partial charge in [0.05, 0.1) is 24.9 Å². The Morgan fingerprint density at radius 1 is 1.10 bits per heavy atom. The number of rotatable bonds is 6. The minimum Gasteiger partial charge on any atom is -0.462 e. The van der Waals surface area contributed by atoms with E-state index in [9.17, 15) is 14.0 Å². The number of likely N-dealkylation sites (N-methyl/N-ethyl adjacent to an activating group) is 1. The van der Waals surface area contributed by atoms with E-state index in [1.165, 1.54) is 16.5 Å². The number of ether oxygens (including phenoxy) is 1. The van der Waals surface area contributed by atoms with Crippen LogP contribution >= 0.6 is 0 Å². The number of alkyl halides is 2. The zero-order chi connectivity index (χ0) is 27.0. The zero-order valence-electron chi connectivity index (χ0n) is 22.3. The third-order valence-electron chi connectivity index (χ3n) is 8.37. The SMILES string of the molecule is CN1CC(F)(F)C[C@H]1COc1nc2c(c(N3CCC[C@@H](CC#N)C3)n1)CCN(c1cccc3ccccc13)C2. The highest BCUT2D eigenvalue weighted by molar-refractivity contribution is 5.94. The molecule has 0 unspecified atom stereocenters. The molecule has 6 rings (SSSR count). The second-order valence-corrected chi connectivity index (χ2v) is 11.2. The highest BCUT2D eigenvalue weighted by Gasteiger charge is 2.43. The number of likely N-dealkylation sites (tertiary alicyclic amines) is 1. The first-order valence-electron chi connectivity index (χ1n) is 13.9. The molecular formula is C30H34F2N6O. The van der Waals surface area contributed by atoms with Crippen LogP contribution in [0.25, 0.3) is 10.8 Å². The average molecular weight is 533 g/mol. The molecule has 9 heteroatoms. The van der Waals surface area contributed by atoms with Crippen LogP contribution in [0.1, 0.15) is 36.9 Å². The standard InChI is InChI=1S/C30H34F2N6O/c1-36-20-30(31,32)16-23(36)19-39-29-34-26-18-37(27-10-4-8-22-7-2-3-9-24(22)27)15-12-25(26)28(35-29)38-14-5-6-21(17-38)11-13-33/h2-4,7-10,21,23H,5-6,11-12,14-20H2,1H3/t21-,23-/m0/s1. The van der Waals surface area contributed by atoms with Crippen molar-refractivity contribution in [2.45, 2.75) is 50.6 Å². The van der Waals surface area contributed by atoms with Crippen molar-refractivity contribution in [1.82, 2.24) is 14.9 Å². The summed E-state index contributed by atoms with van der Waals surface area (Å²) in [7, 11) is 1.71. The second-order valence-electron chi connectivity index (χ2n) is 11.2. The summed E-state index contributed by atoms with van der Waals surface area (Å²) in [6.45, 7) is 2.97. The topological polar surface area (TPSA) is 68.5 Å². The molecule has 0 radical (unpaired) electrons. The van der Waals surface area contributed by atoms with Gasteiger partial charge in [-0.3, -0.25) is 4.90 Å². The number of halogens is 2. The monoisotopic (exact) mass is 532 g/mol. The predicted molar refractivity (Wildman–Crippen MR) is 147 cm³/mol. The van der Waals surface area contributed by atoms with Crippen LogP contribution in [0.2, 0.25) is 0 Å². The van der Waals surface area contributed by atoms with Gasteiger partial charge in [0.15, 0.2) is 0 Å². The Morgan fingerprint density at radius 2 is 1.95 bits per heavy atom. The number of nitriles is 1. The maximum absolute atomic E-state index is 14.0. The van der Waals surface area contributed by atoms with Crippen molar-refractivity contribution in [2.24, 2.45) is 5.92 Å². The van der Waals surface area contributed by atoms with E-state index in [4.69, 9.17) is 14.7 Å². The van der Waals surface area contributed by atoms with Crippen molar-refractivity contribution in [1.29, 1.82) is 5.26 Å². The molecule has 7 nitrogen and oxygen atoms in total. The Bertz CT molecular complexity index is 1390. The van der Waals surface area contributed by atoms with Crippen molar-refractivity contribution in [3.63, 3.8) is 0 Å². The molecule has 0 amide bonds. The number of nitrogens with zero attached hydrogens (tertiary/aromatic N) is 6. The van der Waals surface area contributed by atoms with Crippen LogP contribution in [-0.4, -0.2) is 66.7 Å². The third-order valence-corrected chi connectivity index (χ3v) is 8.37. The Kier molecular flexibility index (Phi) is 6.98. The number of piperidine rings is 1. The van der Waals surface area contributed by atoms with E-state index in [0.717, 1.165) is 56.0 Å². The fourth-order valence-corrected chi connectivity index (χ4v) is 6.37. The summed E-state index contributed by atoms with van der Waals surface area (Å²) in [5.74, 6) is -1.52. The summed E-state index contributed by atoms with van der Waals surface area (Å²) in [6, 6.07) is 16.9. The van der Waals surface area contributed by atoms with Gasteiger partial charge in [-0.1, -0.05) is 36.4 Å². The second kappa shape index (κ2) is 10.6. The summed E-state index contributed by atoms with van der Waals surface area (Å²) in [4.78, 5) is 16.0.